The Labute approximate surface area is 110 Å². The van der Waals surface area contributed by atoms with Gasteiger partial charge in [0.1, 0.15) is 5.01 Å². The lowest BCUT2D eigenvalue weighted by Gasteiger charge is -2.04. The van der Waals surface area contributed by atoms with Crippen molar-refractivity contribution in [3.8, 4) is 0 Å². The number of halogens is 1. The van der Waals surface area contributed by atoms with Crippen LogP contribution in [0.5, 0.6) is 0 Å². The molecule has 1 N–H and O–H groups in total. The zero-order valence-corrected chi connectivity index (χ0v) is 11.2. The van der Waals surface area contributed by atoms with Gasteiger partial charge in [0.15, 0.2) is 0 Å². The van der Waals surface area contributed by atoms with Crippen LogP contribution in [0, 0.1) is 0 Å². The average molecular weight is 291 g/mol. The van der Waals surface area contributed by atoms with Gasteiger partial charge in [0.25, 0.3) is 0 Å². The van der Waals surface area contributed by atoms with Gasteiger partial charge in [-0.2, -0.15) is 0 Å². The topological polar surface area (TPSA) is 59.1 Å². The molecular weight excluding hydrogens is 280 g/mol. The normalized spacial score (nSPS) is 10.8. The van der Waals surface area contributed by atoms with Crippen LogP contribution in [0.25, 0.3) is 0 Å². The maximum atomic E-state index is 11.8. The number of benzene rings is 1. The van der Waals surface area contributed by atoms with Crippen LogP contribution in [0.15, 0.2) is 46.8 Å². The molecule has 7 heteroatoms. The van der Waals surface area contributed by atoms with E-state index < -0.39 is 10.0 Å². The van der Waals surface area contributed by atoms with Gasteiger partial charge >= 0.3 is 0 Å². The summed E-state index contributed by atoms with van der Waals surface area (Å²) in [4.78, 5) is 4.27. The molecule has 0 amide bonds. The second-order valence-electron chi connectivity index (χ2n) is 3.06. The van der Waals surface area contributed by atoms with E-state index in [1.54, 1.807) is 36.5 Å². The number of sulfonamides is 1. The fraction of sp³-hybridized carbons (Fsp3) is 0.100. The van der Waals surface area contributed by atoms with E-state index >= 15 is 0 Å². The highest BCUT2D eigenvalue weighted by Gasteiger charge is 2.12. The monoisotopic (exact) mass is 290 g/mol. The second-order valence-corrected chi connectivity index (χ2v) is 5.81. The largest absolute Gasteiger partial charge is 0.248 e. The van der Waals surface area contributed by atoms with Gasteiger partial charge in [0, 0.05) is 11.6 Å². The minimum Gasteiger partial charge on any atom is -0.248 e. The number of nitrogens with zero attached hydrogens (tertiary/aromatic N) is 1. The standard InChI is InChI=1S/C10H10N2O2S2.ClH/c13-16(14,9-4-2-1-3-5-9)12-8-10-11-6-7-15-10;/h1-7,12H,8H2;1H. The van der Waals surface area contributed by atoms with E-state index in [-0.39, 0.29) is 23.8 Å². The van der Waals surface area contributed by atoms with Crippen molar-refractivity contribution in [1.82, 2.24) is 9.71 Å². The van der Waals surface area contributed by atoms with Gasteiger partial charge < -0.3 is 0 Å². The first-order valence-electron chi connectivity index (χ1n) is 4.61. The molecule has 17 heavy (non-hydrogen) atoms. The molecule has 2 aromatic rings. The molecule has 0 aliphatic rings. The van der Waals surface area contributed by atoms with Gasteiger partial charge in [0.05, 0.1) is 11.4 Å². The Hall–Kier alpha value is -0.950. The van der Waals surface area contributed by atoms with E-state index in [1.165, 1.54) is 11.3 Å². The summed E-state index contributed by atoms with van der Waals surface area (Å²) < 4.78 is 26.1. The molecule has 0 radical (unpaired) electrons. The number of aromatic nitrogens is 1. The Kier molecular flexibility index (Phi) is 5.07. The van der Waals surface area contributed by atoms with Crippen molar-refractivity contribution in [2.24, 2.45) is 0 Å². The van der Waals surface area contributed by atoms with Gasteiger partial charge in [0.2, 0.25) is 10.0 Å². The molecule has 0 spiro atoms. The van der Waals surface area contributed by atoms with Gasteiger partial charge in [-0.25, -0.2) is 18.1 Å². The molecule has 1 heterocycles. The van der Waals surface area contributed by atoms with Gasteiger partial charge in [-0.15, -0.1) is 23.7 Å². The number of thiazole rings is 1. The summed E-state index contributed by atoms with van der Waals surface area (Å²) in [6.07, 6.45) is 1.65. The van der Waals surface area contributed by atoms with Crippen molar-refractivity contribution in [3.63, 3.8) is 0 Å². The molecule has 4 nitrogen and oxygen atoms in total. The third-order valence-electron chi connectivity index (χ3n) is 1.95. The van der Waals surface area contributed by atoms with Crippen LogP contribution >= 0.6 is 23.7 Å². The summed E-state index contributed by atoms with van der Waals surface area (Å²) in [6.45, 7) is 0.231. The Morgan fingerprint density at radius 1 is 1.24 bits per heavy atom. The van der Waals surface area contributed by atoms with Crippen LogP contribution < -0.4 is 4.72 Å². The fourth-order valence-corrected chi connectivity index (χ4v) is 2.84. The summed E-state index contributed by atoms with van der Waals surface area (Å²) in [7, 11) is -3.42. The highest BCUT2D eigenvalue weighted by Crippen LogP contribution is 2.09. The molecular formula is C10H11ClN2O2S2. The van der Waals surface area contributed by atoms with Crippen LogP contribution in [0.1, 0.15) is 5.01 Å². The van der Waals surface area contributed by atoms with E-state index in [0.29, 0.717) is 0 Å². The van der Waals surface area contributed by atoms with Crippen molar-refractivity contribution in [2.75, 3.05) is 0 Å². The van der Waals surface area contributed by atoms with Gasteiger partial charge in [-0.1, -0.05) is 18.2 Å². The smallest absolute Gasteiger partial charge is 0.240 e. The molecule has 1 aromatic carbocycles. The van der Waals surface area contributed by atoms with Crippen molar-refractivity contribution in [2.45, 2.75) is 11.4 Å². The van der Waals surface area contributed by atoms with E-state index in [1.807, 2.05) is 5.38 Å². The molecule has 0 saturated carbocycles. The van der Waals surface area contributed by atoms with Crippen molar-refractivity contribution < 1.29 is 8.42 Å². The molecule has 0 aliphatic carbocycles. The zero-order valence-electron chi connectivity index (χ0n) is 8.74. The highest BCUT2D eigenvalue weighted by molar-refractivity contribution is 7.89. The maximum absolute atomic E-state index is 11.8. The molecule has 0 aliphatic heterocycles. The number of rotatable bonds is 4. The number of hydrogen-bond donors (Lipinski definition) is 1. The van der Waals surface area contributed by atoms with Crippen molar-refractivity contribution in [3.05, 3.63) is 46.9 Å². The minimum absolute atomic E-state index is 0. The fourth-order valence-electron chi connectivity index (χ4n) is 1.18. The zero-order chi connectivity index (χ0) is 11.4. The first-order valence-corrected chi connectivity index (χ1v) is 6.98. The van der Waals surface area contributed by atoms with E-state index in [2.05, 4.69) is 9.71 Å². The lowest BCUT2D eigenvalue weighted by Crippen LogP contribution is -2.23. The van der Waals surface area contributed by atoms with Crippen LogP contribution in [0.2, 0.25) is 0 Å². The molecule has 0 bridgehead atoms. The Bertz CT molecular complexity index is 541. The van der Waals surface area contributed by atoms with Crippen LogP contribution in [0.3, 0.4) is 0 Å². The summed E-state index contributed by atoms with van der Waals surface area (Å²) in [5, 5.41) is 2.56. The summed E-state index contributed by atoms with van der Waals surface area (Å²) in [5.74, 6) is 0. The highest BCUT2D eigenvalue weighted by atomic mass is 35.5. The first kappa shape index (κ1) is 14.1. The quantitative estimate of drug-likeness (QED) is 0.937. The summed E-state index contributed by atoms with van der Waals surface area (Å²) in [6, 6.07) is 8.28. The summed E-state index contributed by atoms with van der Waals surface area (Å²) >= 11 is 1.42. The lowest BCUT2D eigenvalue weighted by molar-refractivity contribution is 0.581. The third-order valence-corrected chi connectivity index (χ3v) is 4.15. The predicted octanol–water partition coefficient (Wildman–Crippen LogP) is 2.04. The van der Waals surface area contributed by atoms with Gasteiger partial charge in [-0.3, -0.25) is 0 Å². The SMILES string of the molecule is Cl.O=S(=O)(NCc1nccs1)c1ccccc1. The molecule has 0 saturated heterocycles. The van der Waals surface area contributed by atoms with Crippen LogP contribution in [-0.4, -0.2) is 13.4 Å². The first-order chi connectivity index (χ1) is 7.68. The van der Waals surface area contributed by atoms with Crippen LogP contribution in [-0.2, 0) is 16.6 Å². The van der Waals surface area contributed by atoms with E-state index in [4.69, 9.17) is 0 Å². The minimum atomic E-state index is -3.42. The van der Waals surface area contributed by atoms with Crippen molar-refractivity contribution in [1.29, 1.82) is 0 Å². The lowest BCUT2D eigenvalue weighted by atomic mass is 10.4. The van der Waals surface area contributed by atoms with Crippen LogP contribution in [0.4, 0.5) is 0 Å². The second kappa shape index (κ2) is 6.11. The molecule has 1 aromatic heterocycles. The maximum Gasteiger partial charge on any atom is 0.240 e. The van der Waals surface area contributed by atoms with Gasteiger partial charge in [-0.05, 0) is 12.1 Å². The predicted molar refractivity (Wildman–Crippen MR) is 69.8 cm³/mol. The molecule has 2 rings (SSSR count). The van der Waals surface area contributed by atoms with E-state index in [0.717, 1.165) is 5.01 Å². The Morgan fingerprint density at radius 2 is 1.94 bits per heavy atom. The average Bonchev–Trinajstić information content (AvgIpc) is 2.81. The summed E-state index contributed by atoms with van der Waals surface area (Å²) in [5.41, 5.74) is 0. The molecule has 0 atom stereocenters. The number of hydrogen-bond acceptors (Lipinski definition) is 4. The Morgan fingerprint density at radius 3 is 2.53 bits per heavy atom. The Balaban J connectivity index is 0.00000144. The van der Waals surface area contributed by atoms with Crippen molar-refractivity contribution >= 4 is 33.8 Å². The molecule has 0 fully saturated rings. The molecule has 0 unspecified atom stereocenters. The number of nitrogens with one attached hydrogen (secondary N) is 1. The van der Waals surface area contributed by atoms with E-state index in [9.17, 15) is 8.42 Å². The third kappa shape index (κ3) is 3.78. The molecule has 92 valence electrons.